The van der Waals surface area contributed by atoms with Crippen molar-refractivity contribution in [2.75, 3.05) is 39.5 Å². The van der Waals surface area contributed by atoms with E-state index in [0.717, 1.165) is 39.5 Å². The molecular formula is C11H23NO2. The molecule has 0 spiro atoms. The van der Waals surface area contributed by atoms with E-state index in [0.29, 0.717) is 12.0 Å². The van der Waals surface area contributed by atoms with Crippen molar-refractivity contribution in [2.45, 2.75) is 26.9 Å². The Labute approximate surface area is 87.4 Å². The molecular weight excluding hydrogens is 178 g/mol. The minimum atomic E-state index is 0.371. The average molecular weight is 201 g/mol. The highest BCUT2D eigenvalue weighted by Crippen LogP contribution is 2.05. The van der Waals surface area contributed by atoms with Crippen molar-refractivity contribution < 1.29 is 9.47 Å². The van der Waals surface area contributed by atoms with Crippen LogP contribution >= 0.6 is 0 Å². The van der Waals surface area contributed by atoms with Crippen molar-refractivity contribution >= 4 is 0 Å². The molecule has 0 aromatic carbocycles. The van der Waals surface area contributed by atoms with Crippen molar-refractivity contribution in [3.63, 3.8) is 0 Å². The zero-order chi connectivity index (χ0) is 10.4. The van der Waals surface area contributed by atoms with Gasteiger partial charge >= 0.3 is 0 Å². The standard InChI is InChI=1S/C11H23NO2/c1-10(2)11(3)14-9-6-12-4-7-13-8-5-12/h10-11H,4-9H2,1-3H3/t11-/m1/s1. The smallest absolute Gasteiger partial charge is 0.0597 e. The monoisotopic (exact) mass is 201 g/mol. The average Bonchev–Trinajstić information content (AvgIpc) is 2.19. The predicted molar refractivity (Wildman–Crippen MR) is 57.5 cm³/mol. The van der Waals surface area contributed by atoms with E-state index >= 15 is 0 Å². The molecule has 1 aliphatic heterocycles. The highest BCUT2D eigenvalue weighted by molar-refractivity contribution is 4.62. The van der Waals surface area contributed by atoms with E-state index in [1.165, 1.54) is 0 Å². The van der Waals surface area contributed by atoms with Gasteiger partial charge in [-0.3, -0.25) is 4.90 Å². The van der Waals surface area contributed by atoms with Crippen molar-refractivity contribution in [1.82, 2.24) is 4.90 Å². The summed E-state index contributed by atoms with van der Waals surface area (Å²) in [6, 6.07) is 0. The van der Waals surface area contributed by atoms with Crippen LogP contribution in [-0.4, -0.2) is 50.5 Å². The van der Waals surface area contributed by atoms with Crippen molar-refractivity contribution in [2.24, 2.45) is 5.92 Å². The fourth-order valence-electron chi connectivity index (χ4n) is 1.38. The van der Waals surface area contributed by atoms with E-state index in [1.54, 1.807) is 0 Å². The molecule has 1 fully saturated rings. The molecule has 14 heavy (non-hydrogen) atoms. The number of hydrogen-bond acceptors (Lipinski definition) is 3. The second-order valence-corrected chi connectivity index (χ2v) is 4.27. The largest absolute Gasteiger partial charge is 0.379 e. The Hall–Kier alpha value is -0.120. The molecule has 0 aromatic rings. The van der Waals surface area contributed by atoms with E-state index in [4.69, 9.17) is 9.47 Å². The van der Waals surface area contributed by atoms with Gasteiger partial charge in [0.15, 0.2) is 0 Å². The third-order valence-corrected chi connectivity index (χ3v) is 2.83. The zero-order valence-corrected chi connectivity index (χ0v) is 9.66. The molecule has 1 atom stereocenters. The van der Waals surface area contributed by atoms with Gasteiger partial charge in [-0.05, 0) is 12.8 Å². The minimum absolute atomic E-state index is 0.371. The third-order valence-electron chi connectivity index (χ3n) is 2.83. The fourth-order valence-corrected chi connectivity index (χ4v) is 1.38. The van der Waals surface area contributed by atoms with Gasteiger partial charge in [0.1, 0.15) is 0 Å². The Bertz CT molecular complexity index is 144. The van der Waals surface area contributed by atoms with E-state index in [2.05, 4.69) is 25.7 Å². The van der Waals surface area contributed by atoms with Crippen LogP contribution in [0.5, 0.6) is 0 Å². The lowest BCUT2D eigenvalue weighted by Gasteiger charge is -2.27. The zero-order valence-electron chi connectivity index (χ0n) is 9.66. The first kappa shape index (κ1) is 12.0. The van der Waals surface area contributed by atoms with Crippen molar-refractivity contribution in [3.8, 4) is 0 Å². The topological polar surface area (TPSA) is 21.7 Å². The molecule has 0 N–H and O–H groups in total. The summed E-state index contributed by atoms with van der Waals surface area (Å²) >= 11 is 0. The van der Waals surface area contributed by atoms with E-state index in [-0.39, 0.29) is 0 Å². The van der Waals surface area contributed by atoms with E-state index in [1.807, 2.05) is 0 Å². The van der Waals surface area contributed by atoms with Crippen LogP contribution in [0.15, 0.2) is 0 Å². The van der Waals surface area contributed by atoms with Gasteiger partial charge in [-0.25, -0.2) is 0 Å². The summed E-state index contributed by atoms with van der Waals surface area (Å²) in [5.41, 5.74) is 0. The Morgan fingerprint density at radius 1 is 1.21 bits per heavy atom. The Morgan fingerprint density at radius 3 is 2.43 bits per heavy atom. The van der Waals surface area contributed by atoms with Crippen LogP contribution in [0.25, 0.3) is 0 Å². The first-order valence-corrected chi connectivity index (χ1v) is 5.62. The molecule has 1 heterocycles. The Balaban J connectivity index is 2.02. The molecule has 84 valence electrons. The van der Waals surface area contributed by atoms with Gasteiger partial charge in [-0.1, -0.05) is 13.8 Å². The molecule has 0 amide bonds. The summed E-state index contributed by atoms with van der Waals surface area (Å²) in [6.07, 6.45) is 0.371. The van der Waals surface area contributed by atoms with Crippen molar-refractivity contribution in [3.05, 3.63) is 0 Å². The predicted octanol–water partition coefficient (Wildman–Crippen LogP) is 1.38. The molecule has 1 aliphatic rings. The highest BCUT2D eigenvalue weighted by atomic mass is 16.5. The molecule has 0 saturated carbocycles. The third kappa shape index (κ3) is 4.40. The summed E-state index contributed by atoms with van der Waals surface area (Å²) in [7, 11) is 0. The maximum Gasteiger partial charge on any atom is 0.0597 e. The number of nitrogens with zero attached hydrogens (tertiary/aromatic N) is 1. The van der Waals surface area contributed by atoms with Gasteiger partial charge < -0.3 is 9.47 Å². The van der Waals surface area contributed by atoms with Crippen LogP contribution in [-0.2, 0) is 9.47 Å². The molecule has 1 rings (SSSR count). The summed E-state index contributed by atoms with van der Waals surface area (Å²) in [4.78, 5) is 2.40. The molecule has 3 nitrogen and oxygen atoms in total. The lowest BCUT2D eigenvalue weighted by molar-refractivity contribution is -0.00531. The Morgan fingerprint density at radius 2 is 1.86 bits per heavy atom. The van der Waals surface area contributed by atoms with Crippen LogP contribution in [0.1, 0.15) is 20.8 Å². The SMILES string of the molecule is CC(C)[C@@H](C)OCCN1CCOCC1. The maximum absolute atomic E-state index is 5.72. The van der Waals surface area contributed by atoms with Gasteiger partial charge in [0.05, 0.1) is 25.9 Å². The van der Waals surface area contributed by atoms with Gasteiger partial charge in [0.2, 0.25) is 0 Å². The van der Waals surface area contributed by atoms with Crippen molar-refractivity contribution in [1.29, 1.82) is 0 Å². The second-order valence-electron chi connectivity index (χ2n) is 4.27. The van der Waals surface area contributed by atoms with Crippen LogP contribution in [0.4, 0.5) is 0 Å². The van der Waals surface area contributed by atoms with E-state index < -0.39 is 0 Å². The normalized spacial score (nSPS) is 21.4. The molecule has 0 unspecified atom stereocenters. The molecule has 0 aliphatic carbocycles. The van der Waals surface area contributed by atoms with Gasteiger partial charge in [-0.2, -0.15) is 0 Å². The summed E-state index contributed by atoms with van der Waals surface area (Å²) < 4.78 is 11.0. The molecule has 0 radical (unpaired) electrons. The lowest BCUT2D eigenvalue weighted by Crippen LogP contribution is -2.38. The van der Waals surface area contributed by atoms with Crippen LogP contribution < -0.4 is 0 Å². The molecule has 0 aromatic heterocycles. The molecule has 3 heteroatoms. The van der Waals surface area contributed by atoms with Gasteiger partial charge in [-0.15, -0.1) is 0 Å². The van der Waals surface area contributed by atoms with Gasteiger partial charge in [0, 0.05) is 19.6 Å². The first-order valence-electron chi connectivity index (χ1n) is 5.62. The number of ether oxygens (including phenoxy) is 2. The summed E-state index contributed by atoms with van der Waals surface area (Å²) in [5, 5.41) is 0. The molecule has 0 bridgehead atoms. The highest BCUT2D eigenvalue weighted by Gasteiger charge is 2.11. The summed E-state index contributed by atoms with van der Waals surface area (Å²) in [5.74, 6) is 0.611. The first-order chi connectivity index (χ1) is 6.70. The number of hydrogen-bond donors (Lipinski definition) is 0. The molecule has 1 saturated heterocycles. The maximum atomic E-state index is 5.72. The van der Waals surface area contributed by atoms with Crippen LogP contribution in [0.3, 0.4) is 0 Å². The summed E-state index contributed by atoms with van der Waals surface area (Å²) in [6.45, 7) is 12.3. The lowest BCUT2D eigenvalue weighted by atomic mass is 10.1. The number of rotatable bonds is 5. The van der Waals surface area contributed by atoms with Crippen LogP contribution in [0, 0.1) is 5.92 Å². The second kappa shape index (κ2) is 6.38. The fraction of sp³-hybridized carbons (Fsp3) is 1.00. The minimum Gasteiger partial charge on any atom is -0.379 e. The van der Waals surface area contributed by atoms with Crippen LogP contribution in [0.2, 0.25) is 0 Å². The van der Waals surface area contributed by atoms with Gasteiger partial charge in [0.25, 0.3) is 0 Å². The number of morpholine rings is 1. The Kier molecular flexibility index (Phi) is 5.45. The van der Waals surface area contributed by atoms with E-state index in [9.17, 15) is 0 Å². The quantitative estimate of drug-likeness (QED) is 0.671.